The van der Waals surface area contributed by atoms with Crippen LogP contribution in [0, 0.1) is 5.92 Å². The Bertz CT molecular complexity index is 301. The highest BCUT2D eigenvalue weighted by Crippen LogP contribution is 2.28. The fourth-order valence-corrected chi connectivity index (χ4v) is 1.52. The van der Waals surface area contributed by atoms with Crippen molar-refractivity contribution in [3.8, 4) is 0 Å². The second-order valence-electron chi connectivity index (χ2n) is 4.02. The summed E-state index contributed by atoms with van der Waals surface area (Å²) in [5.74, 6) is 0.503. The van der Waals surface area contributed by atoms with Gasteiger partial charge >= 0.3 is 0 Å². The lowest BCUT2D eigenvalue weighted by Crippen LogP contribution is -2.34. The van der Waals surface area contributed by atoms with Gasteiger partial charge in [-0.2, -0.15) is 0 Å². The van der Waals surface area contributed by atoms with Crippen LogP contribution in [0.2, 0.25) is 0 Å². The molecule has 1 aromatic rings. The number of rotatable bonds is 4. The van der Waals surface area contributed by atoms with Crippen molar-refractivity contribution in [3.05, 3.63) is 24.2 Å². The van der Waals surface area contributed by atoms with Crippen molar-refractivity contribution in [3.63, 3.8) is 0 Å². The van der Waals surface area contributed by atoms with Gasteiger partial charge in [-0.1, -0.05) is 0 Å². The van der Waals surface area contributed by atoms with E-state index in [1.807, 2.05) is 13.0 Å². The predicted octanol–water partition coefficient (Wildman–Crippen LogP) is 1.74. The zero-order valence-corrected chi connectivity index (χ0v) is 8.32. The Kier molecular flexibility index (Phi) is 2.57. The molecule has 0 saturated heterocycles. The molecule has 0 aliphatic heterocycles. The summed E-state index contributed by atoms with van der Waals surface area (Å²) in [6.45, 7) is 2.02. The first kappa shape index (κ1) is 9.31. The van der Waals surface area contributed by atoms with Crippen LogP contribution in [0.5, 0.6) is 0 Å². The van der Waals surface area contributed by atoms with Crippen LogP contribution in [0.25, 0.3) is 0 Å². The van der Waals surface area contributed by atoms with Crippen LogP contribution in [0.3, 0.4) is 0 Å². The first-order valence-electron chi connectivity index (χ1n) is 5.07. The largest absolute Gasteiger partial charge is 0.472 e. The second kappa shape index (κ2) is 3.86. The van der Waals surface area contributed by atoms with Crippen molar-refractivity contribution in [1.29, 1.82) is 0 Å². The molecule has 1 fully saturated rings. The molecule has 76 valence electrons. The van der Waals surface area contributed by atoms with Crippen LogP contribution < -0.4 is 5.32 Å². The van der Waals surface area contributed by atoms with E-state index in [0.29, 0.717) is 5.92 Å². The SMILES string of the molecule is CC(Cc1ccoc1)NC(=O)C1CC1. The fourth-order valence-electron chi connectivity index (χ4n) is 1.52. The van der Waals surface area contributed by atoms with Crippen molar-refractivity contribution in [1.82, 2.24) is 5.32 Å². The molecule has 1 atom stereocenters. The van der Waals surface area contributed by atoms with Crippen LogP contribution in [0.4, 0.5) is 0 Å². The third kappa shape index (κ3) is 2.37. The zero-order chi connectivity index (χ0) is 9.97. The molecular formula is C11H15NO2. The summed E-state index contributed by atoms with van der Waals surface area (Å²) in [4.78, 5) is 11.4. The van der Waals surface area contributed by atoms with Gasteiger partial charge < -0.3 is 9.73 Å². The lowest BCUT2D eigenvalue weighted by atomic mass is 10.1. The summed E-state index contributed by atoms with van der Waals surface area (Å²) in [6.07, 6.45) is 6.34. The average molecular weight is 193 g/mol. The van der Waals surface area contributed by atoms with Gasteiger partial charge in [-0.15, -0.1) is 0 Å². The molecule has 0 radical (unpaired) electrons. The second-order valence-corrected chi connectivity index (χ2v) is 4.02. The maximum absolute atomic E-state index is 11.4. The Labute approximate surface area is 83.5 Å². The Morgan fingerprint density at radius 1 is 1.71 bits per heavy atom. The summed E-state index contributed by atoms with van der Waals surface area (Å²) >= 11 is 0. The molecule has 0 bridgehead atoms. The van der Waals surface area contributed by atoms with E-state index in [2.05, 4.69) is 5.32 Å². The van der Waals surface area contributed by atoms with Crippen LogP contribution in [0.1, 0.15) is 25.3 Å². The number of carbonyl (C=O) groups excluding carboxylic acids is 1. The van der Waals surface area contributed by atoms with E-state index in [0.717, 1.165) is 24.8 Å². The molecule has 0 spiro atoms. The number of amides is 1. The van der Waals surface area contributed by atoms with E-state index < -0.39 is 0 Å². The quantitative estimate of drug-likeness (QED) is 0.791. The maximum atomic E-state index is 11.4. The lowest BCUT2D eigenvalue weighted by molar-refractivity contribution is -0.122. The van der Waals surface area contributed by atoms with Gasteiger partial charge in [-0.3, -0.25) is 4.79 Å². The van der Waals surface area contributed by atoms with Gasteiger partial charge in [0.2, 0.25) is 5.91 Å². The summed E-state index contributed by atoms with van der Waals surface area (Å²) in [7, 11) is 0. The molecule has 1 heterocycles. The van der Waals surface area contributed by atoms with Gasteiger partial charge in [-0.25, -0.2) is 0 Å². The van der Waals surface area contributed by atoms with E-state index >= 15 is 0 Å². The Morgan fingerprint density at radius 2 is 2.50 bits per heavy atom. The molecule has 1 aliphatic rings. The summed E-state index contributed by atoms with van der Waals surface area (Å²) in [5.41, 5.74) is 1.13. The number of nitrogens with one attached hydrogen (secondary N) is 1. The molecule has 1 amide bonds. The van der Waals surface area contributed by atoms with Crippen molar-refractivity contribution < 1.29 is 9.21 Å². The van der Waals surface area contributed by atoms with Crippen LogP contribution in [-0.4, -0.2) is 11.9 Å². The van der Waals surface area contributed by atoms with Gasteiger partial charge in [0.25, 0.3) is 0 Å². The summed E-state index contributed by atoms with van der Waals surface area (Å²) in [6, 6.07) is 2.13. The molecule has 1 saturated carbocycles. The van der Waals surface area contributed by atoms with Crippen LogP contribution >= 0.6 is 0 Å². The smallest absolute Gasteiger partial charge is 0.223 e. The van der Waals surface area contributed by atoms with Gasteiger partial charge in [0.15, 0.2) is 0 Å². The van der Waals surface area contributed by atoms with Gasteiger partial charge in [0.1, 0.15) is 0 Å². The molecular weight excluding hydrogens is 178 g/mol. The minimum atomic E-state index is 0.195. The van der Waals surface area contributed by atoms with Crippen molar-refractivity contribution in [2.75, 3.05) is 0 Å². The fraction of sp³-hybridized carbons (Fsp3) is 0.545. The van der Waals surface area contributed by atoms with Crippen LogP contribution in [0.15, 0.2) is 23.0 Å². The van der Waals surface area contributed by atoms with Crippen molar-refractivity contribution >= 4 is 5.91 Å². The number of hydrogen-bond donors (Lipinski definition) is 1. The first-order valence-corrected chi connectivity index (χ1v) is 5.07. The van der Waals surface area contributed by atoms with Crippen molar-refractivity contribution in [2.45, 2.75) is 32.2 Å². The molecule has 2 rings (SSSR count). The zero-order valence-electron chi connectivity index (χ0n) is 8.32. The summed E-state index contributed by atoms with van der Waals surface area (Å²) in [5, 5.41) is 3.00. The Balaban J connectivity index is 1.78. The normalized spacial score (nSPS) is 17.8. The van der Waals surface area contributed by atoms with E-state index in [-0.39, 0.29) is 11.9 Å². The topological polar surface area (TPSA) is 42.2 Å². The molecule has 14 heavy (non-hydrogen) atoms. The standard InChI is InChI=1S/C11H15NO2/c1-8(6-9-4-5-14-7-9)12-11(13)10-2-3-10/h4-5,7-8,10H,2-3,6H2,1H3,(H,12,13). The van der Waals surface area contributed by atoms with Crippen molar-refractivity contribution in [2.24, 2.45) is 5.92 Å². The molecule has 1 aromatic heterocycles. The highest BCUT2D eigenvalue weighted by atomic mass is 16.3. The highest BCUT2D eigenvalue weighted by molar-refractivity contribution is 5.81. The van der Waals surface area contributed by atoms with Gasteiger partial charge in [0.05, 0.1) is 12.5 Å². The highest BCUT2D eigenvalue weighted by Gasteiger charge is 2.30. The molecule has 1 unspecified atom stereocenters. The van der Waals surface area contributed by atoms with Gasteiger partial charge in [0, 0.05) is 12.0 Å². The van der Waals surface area contributed by atoms with Crippen LogP contribution in [-0.2, 0) is 11.2 Å². The minimum absolute atomic E-state index is 0.195. The first-order chi connectivity index (χ1) is 6.75. The van der Waals surface area contributed by atoms with E-state index in [1.54, 1.807) is 12.5 Å². The lowest BCUT2D eigenvalue weighted by Gasteiger charge is -2.12. The predicted molar refractivity (Wildman–Crippen MR) is 52.7 cm³/mol. The molecule has 3 heteroatoms. The summed E-state index contributed by atoms with van der Waals surface area (Å²) < 4.78 is 4.97. The Hall–Kier alpha value is -1.25. The van der Waals surface area contributed by atoms with Gasteiger partial charge in [-0.05, 0) is 37.8 Å². The number of carbonyl (C=O) groups is 1. The molecule has 0 aromatic carbocycles. The monoisotopic (exact) mass is 193 g/mol. The minimum Gasteiger partial charge on any atom is -0.472 e. The number of hydrogen-bond acceptors (Lipinski definition) is 2. The maximum Gasteiger partial charge on any atom is 0.223 e. The molecule has 1 N–H and O–H groups in total. The Morgan fingerprint density at radius 3 is 3.07 bits per heavy atom. The van der Waals surface area contributed by atoms with E-state index in [1.165, 1.54) is 0 Å². The third-order valence-electron chi connectivity index (χ3n) is 2.46. The van der Waals surface area contributed by atoms with E-state index in [4.69, 9.17) is 4.42 Å². The average Bonchev–Trinajstić information content (AvgIpc) is 2.87. The number of furan rings is 1. The third-order valence-corrected chi connectivity index (χ3v) is 2.46. The van der Waals surface area contributed by atoms with E-state index in [9.17, 15) is 4.79 Å². The molecule has 1 aliphatic carbocycles. The molecule has 3 nitrogen and oxygen atoms in total.